The Morgan fingerprint density at radius 3 is 2.72 bits per heavy atom. The van der Waals surface area contributed by atoms with E-state index in [2.05, 4.69) is 21.0 Å². The van der Waals surface area contributed by atoms with Gasteiger partial charge in [-0.2, -0.15) is 5.10 Å². The van der Waals surface area contributed by atoms with Crippen LogP contribution in [0.2, 0.25) is 5.02 Å². The van der Waals surface area contributed by atoms with Crippen molar-refractivity contribution in [2.45, 2.75) is 6.10 Å². The Morgan fingerprint density at radius 2 is 2.22 bits per heavy atom. The summed E-state index contributed by atoms with van der Waals surface area (Å²) in [6.45, 7) is 0. The first kappa shape index (κ1) is 13.4. The van der Waals surface area contributed by atoms with E-state index in [1.165, 1.54) is 0 Å². The average molecular weight is 332 g/mol. The van der Waals surface area contributed by atoms with Gasteiger partial charge in [-0.05, 0) is 33.6 Å². The summed E-state index contributed by atoms with van der Waals surface area (Å²) in [5.74, 6) is 0.580. The molecule has 18 heavy (non-hydrogen) atoms. The zero-order chi connectivity index (χ0) is 13.3. The number of aryl methyl sites for hydroxylation is 1. The maximum Gasteiger partial charge on any atom is 0.137 e. The minimum atomic E-state index is -0.796. The Hall–Kier alpha value is -1.04. The van der Waals surface area contributed by atoms with Crippen molar-refractivity contribution in [3.05, 3.63) is 45.1 Å². The average Bonchev–Trinajstić information content (AvgIpc) is 2.68. The van der Waals surface area contributed by atoms with Gasteiger partial charge in [0, 0.05) is 7.05 Å². The van der Waals surface area contributed by atoms with Crippen molar-refractivity contribution in [3.8, 4) is 5.75 Å². The zero-order valence-corrected chi connectivity index (χ0v) is 12.2. The quantitative estimate of drug-likeness (QED) is 0.940. The van der Waals surface area contributed by atoms with Gasteiger partial charge in [0.15, 0.2) is 0 Å². The molecule has 0 fully saturated rings. The topological polar surface area (TPSA) is 47.3 Å². The summed E-state index contributed by atoms with van der Waals surface area (Å²) in [6, 6.07) is 5.18. The summed E-state index contributed by atoms with van der Waals surface area (Å²) >= 11 is 9.40. The highest BCUT2D eigenvalue weighted by atomic mass is 79.9. The van der Waals surface area contributed by atoms with Crippen LogP contribution in [-0.2, 0) is 7.05 Å². The predicted molar refractivity (Wildman–Crippen MR) is 73.0 cm³/mol. The molecule has 0 saturated carbocycles. The molecule has 0 amide bonds. The minimum absolute atomic E-state index is 0.465. The molecule has 0 aliphatic heterocycles. The van der Waals surface area contributed by atoms with Crippen molar-refractivity contribution in [3.63, 3.8) is 0 Å². The fourth-order valence-electron chi connectivity index (χ4n) is 1.74. The minimum Gasteiger partial charge on any atom is -0.495 e. The highest BCUT2D eigenvalue weighted by molar-refractivity contribution is 9.10. The predicted octanol–water partition coefficient (Wildman–Crippen LogP) is 2.93. The summed E-state index contributed by atoms with van der Waals surface area (Å²) in [5, 5.41) is 14.9. The molecule has 1 aromatic carbocycles. The number of benzene rings is 1. The third kappa shape index (κ3) is 2.39. The maximum atomic E-state index is 10.3. The molecule has 1 atom stereocenters. The number of ether oxygens (including phenoxy) is 1. The lowest BCUT2D eigenvalue weighted by atomic mass is 10.1. The number of rotatable bonds is 3. The summed E-state index contributed by atoms with van der Waals surface area (Å²) in [7, 11) is 3.32. The van der Waals surface area contributed by atoms with Gasteiger partial charge >= 0.3 is 0 Å². The summed E-state index contributed by atoms with van der Waals surface area (Å²) in [5.41, 5.74) is 1.36. The Morgan fingerprint density at radius 1 is 1.50 bits per heavy atom. The number of hydrogen-bond donors (Lipinski definition) is 1. The normalized spacial score (nSPS) is 12.5. The largest absolute Gasteiger partial charge is 0.495 e. The molecule has 1 aromatic heterocycles. The number of aliphatic hydroxyl groups is 1. The molecule has 0 aliphatic carbocycles. The second-order valence-corrected chi connectivity index (χ2v) is 5.06. The number of methoxy groups -OCH3 is 1. The number of aromatic nitrogens is 2. The fraction of sp³-hybridized carbons (Fsp3) is 0.250. The van der Waals surface area contributed by atoms with Crippen molar-refractivity contribution >= 4 is 27.5 Å². The third-order valence-electron chi connectivity index (χ3n) is 2.69. The lowest BCUT2D eigenvalue weighted by Crippen LogP contribution is -2.07. The van der Waals surface area contributed by atoms with E-state index < -0.39 is 6.10 Å². The lowest BCUT2D eigenvalue weighted by molar-refractivity contribution is 0.209. The van der Waals surface area contributed by atoms with Gasteiger partial charge in [0.25, 0.3) is 0 Å². The fourth-order valence-corrected chi connectivity index (χ4v) is 2.57. The molecule has 0 spiro atoms. The second-order valence-electron chi connectivity index (χ2n) is 3.80. The Bertz CT molecular complexity index is 552. The van der Waals surface area contributed by atoms with E-state index in [1.54, 1.807) is 43.2 Å². The molecule has 96 valence electrons. The van der Waals surface area contributed by atoms with Crippen molar-refractivity contribution in [2.24, 2.45) is 7.05 Å². The van der Waals surface area contributed by atoms with Gasteiger partial charge in [0.2, 0.25) is 0 Å². The van der Waals surface area contributed by atoms with Crippen LogP contribution in [0.4, 0.5) is 0 Å². The van der Waals surface area contributed by atoms with E-state index in [4.69, 9.17) is 16.3 Å². The Labute approximate surface area is 118 Å². The molecule has 1 heterocycles. The zero-order valence-electron chi connectivity index (χ0n) is 9.89. The van der Waals surface area contributed by atoms with E-state index >= 15 is 0 Å². The van der Waals surface area contributed by atoms with Gasteiger partial charge in [-0.1, -0.05) is 17.7 Å². The Kier molecular flexibility index (Phi) is 3.94. The van der Waals surface area contributed by atoms with Crippen LogP contribution in [-0.4, -0.2) is 22.0 Å². The van der Waals surface area contributed by atoms with Crippen LogP contribution in [0.5, 0.6) is 5.75 Å². The van der Waals surface area contributed by atoms with Crippen LogP contribution in [0.25, 0.3) is 0 Å². The molecule has 2 rings (SSSR count). The first-order valence-corrected chi connectivity index (χ1v) is 6.40. The molecule has 0 saturated heterocycles. The number of nitrogens with zero attached hydrogens (tertiary/aromatic N) is 2. The van der Waals surface area contributed by atoms with E-state index in [-0.39, 0.29) is 0 Å². The van der Waals surface area contributed by atoms with Gasteiger partial charge in [0.1, 0.15) is 11.9 Å². The van der Waals surface area contributed by atoms with Gasteiger partial charge < -0.3 is 9.84 Å². The molecule has 1 N–H and O–H groups in total. The van der Waals surface area contributed by atoms with Crippen LogP contribution in [0.15, 0.2) is 28.9 Å². The van der Waals surface area contributed by atoms with E-state index in [0.717, 1.165) is 4.47 Å². The number of aliphatic hydroxyl groups excluding tert-OH is 1. The first-order chi connectivity index (χ1) is 8.54. The van der Waals surface area contributed by atoms with Crippen LogP contribution >= 0.6 is 27.5 Å². The summed E-state index contributed by atoms with van der Waals surface area (Å²) in [6.07, 6.45) is 0.847. The highest BCUT2D eigenvalue weighted by Gasteiger charge is 2.19. The monoisotopic (exact) mass is 330 g/mol. The van der Waals surface area contributed by atoms with Crippen molar-refractivity contribution in [1.29, 1.82) is 0 Å². The van der Waals surface area contributed by atoms with Gasteiger partial charge in [-0.3, -0.25) is 4.68 Å². The molecule has 4 nitrogen and oxygen atoms in total. The van der Waals surface area contributed by atoms with Crippen LogP contribution in [0.1, 0.15) is 17.4 Å². The standard InChI is InChI=1S/C12H12BrClN2O2/c1-16-11(8(13)6-15-16)12(17)7-3-4-10(18-2)9(14)5-7/h3-6,12,17H,1-2H3. The molecule has 0 bridgehead atoms. The van der Waals surface area contributed by atoms with E-state index in [1.807, 2.05) is 0 Å². The number of hydrogen-bond acceptors (Lipinski definition) is 3. The molecule has 2 aromatic rings. The van der Waals surface area contributed by atoms with Gasteiger partial charge in [0.05, 0.1) is 28.5 Å². The smallest absolute Gasteiger partial charge is 0.137 e. The van der Waals surface area contributed by atoms with Crippen LogP contribution in [0, 0.1) is 0 Å². The van der Waals surface area contributed by atoms with Gasteiger partial charge in [-0.15, -0.1) is 0 Å². The number of halogens is 2. The van der Waals surface area contributed by atoms with E-state index in [9.17, 15) is 5.11 Å². The SMILES string of the molecule is COc1ccc(C(O)c2c(Br)cnn2C)cc1Cl. The van der Waals surface area contributed by atoms with E-state index in [0.29, 0.717) is 22.0 Å². The van der Waals surface area contributed by atoms with Gasteiger partial charge in [-0.25, -0.2) is 0 Å². The molecule has 1 unspecified atom stereocenters. The Balaban J connectivity index is 2.40. The highest BCUT2D eigenvalue weighted by Crippen LogP contribution is 2.32. The van der Waals surface area contributed by atoms with Crippen molar-refractivity contribution in [1.82, 2.24) is 9.78 Å². The maximum absolute atomic E-state index is 10.3. The lowest BCUT2D eigenvalue weighted by Gasteiger charge is -2.13. The summed E-state index contributed by atoms with van der Waals surface area (Å²) < 4.78 is 7.45. The summed E-state index contributed by atoms with van der Waals surface area (Å²) in [4.78, 5) is 0. The van der Waals surface area contributed by atoms with Crippen LogP contribution < -0.4 is 4.74 Å². The molecule has 6 heteroatoms. The molecule has 0 aliphatic rings. The first-order valence-electron chi connectivity index (χ1n) is 5.23. The third-order valence-corrected chi connectivity index (χ3v) is 3.59. The van der Waals surface area contributed by atoms with Crippen molar-refractivity contribution in [2.75, 3.05) is 7.11 Å². The van der Waals surface area contributed by atoms with Crippen LogP contribution in [0.3, 0.4) is 0 Å². The molecular formula is C12H12BrClN2O2. The molecule has 0 radical (unpaired) electrons. The van der Waals surface area contributed by atoms with Crippen molar-refractivity contribution < 1.29 is 9.84 Å². The second kappa shape index (κ2) is 5.30. The molecular weight excluding hydrogens is 320 g/mol.